The number of aromatic nitrogens is 2. The molecule has 3 aromatic carbocycles. The number of carbonyl (C=O) groups is 2. The number of thiazole rings is 1. The van der Waals surface area contributed by atoms with Gasteiger partial charge in [-0.2, -0.15) is 0 Å². The third-order valence-electron chi connectivity index (χ3n) is 10.8. The van der Waals surface area contributed by atoms with E-state index in [-0.39, 0.29) is 34.5 Å². The normalized spacial score (nSPS) is 18.3. The lowest BCUT2D eigenvalue weighted by atomic mass is 10.0. The second kappa shape index (κ2) is 14.6. The number of fused-ring (bicyclic) bond motifs is 2. The Morgan fingerprint density at radius 2 is 1.56 bits per heavy atom. The van der Waals surface area contributed by atoms with Gasteiger partial charge in [0.1, 0.15) is 5.69 Å². The van der Waals surface area contributed by atoms with Crippen molar-refractivity contribution >= 4 is 64.3 Å². The van der Waals surface area contributed by atoms with Crippen molar-refractivity contribution < 1.29 is 14.0 Å². The van der Waals surface area contributed by atoms with Crippen LogP contribution in [-0.4, -0.2) is 65.8 Å². The summed E-state index contributed by atoms with van der Waals surface area (Å²) in [6.45, 7) is 13.6. The second-order valence-electron chi connectivity index (χ2n) is 15.8. The van der Waals surface area contributed by atoms with Gasteiger partial charge in [-0.15, -0.1) is 11.3 Å². The topological polar surface area (TPSA) is 99.3 Å². The maximum absolute atomic E-state index is 13.6. The minimum atomic E-state index is -2.69. The van der Waals surface area contributed by atoms with E-state index in [0.29, 0.717) is 22.3 Å². The number of halogens is 1. The smallest absolute Gasteiger partial charge is 0.280 e. The van der Waals surface area contributed by atoms with Gasteiger partial charge in [-0.1, -0.05) is 93.0 Å². The maximum atomic E-state index is 13.6. The minimum Gasteiger partial charge on any atom is -0.406 e. The number of benzene rings is 3. The molecule has 2 aromatic heterocycles. The molecule has 7 rings (SSSR count). The van der Waals surface area contributed by atoms with E-state index in [9.17, 15) is 9.59 Å². The van der Waals surface area contributed by atoms with E-state index in [1.54, 1.807) is 6.07 Å². The minimum absolute atomic E-state index is 0.104. The molecule has 0 bridgehead atoms. The van der Waals surface area contributed by atoms with Crippen molar-refractivity contribution in [3.05, 3.63) is 111 Å². The molecule has 2 aliphatic rings. The van der Waals surface area contributed by atoms with Gasteiger partial charge in [0.05, 0.1) is 12.3 Å². The number of amides is 2. The zero-order chi connectivity index (χ0) is 36.7. The van der Waals surface area contributed by atoms with E-state index in [2.05, 4.69) is 116 Å². The molecule has 3 N–H and O–H groups in total. The molecule has 0 saturated heterocycles. The molecule has 0 radical (unpaired) electrons. The molecule has 11 heteroatoms. The van der Waals surface area contributed by atoms with Crippen molar-refractivity contribution in [2.45, 2.75) is 89.5 Å². The molecule has 2 atom stereocenters. The van der Waals surface area contributed by atoms with Crippen molar-refractivity contribution in [2.75, 3.05) is 13.2 Å². The van der Waals surface area contributed by atoms with Gasteiger partial charge in [-0.3, -0.25) is 14.5 Å². The van der Waals surface area contributed by atoms with Crippen LogP contribution in [0.2, 0.25) is 10.1 Å². The molecule has 0 spiro atoms. The van der Waals surface area contributed by atoms with E-state index >= 15 is 0 Å². The molecule has 1 aliphatic heterocycles. The quantitative estimate of drug-likeness (QED) is 0.133. The highest BCUT2D eigenvalue weighted by molar-refractivity contribution is 7.13. The van der Waals surface area contributed by atoms with Crippen molar-refractivity contribution in [1.82, 2.24) is 25.5 Å². The Balaban J connectivity index is 1.02. The summed E-state index contributed by atoms with van der Waals surface area (Å²) < 4.78 is 7.36. The van der Waals surface area contributed by atoms with Gasteiger partial charge in [-0.05, 0) is 72.8 Å². The maximum Gasteiger partial charge on any atom is 0.280 e. The van der Waals surface area contributed by atoms with Crippen LogP contribution in [0.25, 0.3) is 10.9 Å². The molecule has 2 amide bonds. The van der Waals surface area contributed by atoms with Crippen LogP contribution in [0, 0.1) is 0 Å². The highest BCUT2D eigenvalue weighted by Crippen LogP contribution is 2.38. The third kappa shape index (κ3) is 7.24. The summed E-state index contributed by atoms with van der Waals surface area (Å²) in [4.78, 5) is 38.4. The van der Waals surface area contributed by atoms with Crippen LogP contribution < -0.4 is 21.0 Å². The van der Waals surface area contributed by atoms with Crippen LogP contribution in [0.4, 0.5) is 0 Å². The van der Waals surface area contributed by atoms with Crippen LogP contribution in [0.5, 0.6) is 0 Å². The fourth-order valence-electron chi connectivity index (χ4n) is 7.95. The Morgan fingerprint density at radius 1 is 0.923 bits per heavy atom. The van der Waals surface area contributed by atoms with Crippen LogP contribution in [-0.2, 0) is 17.4 Å². The van der Waals surface area contributed by atoms with Gasteiger partial charge in [0.15, 0.2) is 5.01 Å². The Kier molecular flexibility index (Phi) is 10.2. The summed E-state index contributed by atoms with van der Waals surface area (Å²) in [7, 11) is -2.69. The molecule has 8 nitrogen and oxygen atoms in total. The monoisotopic (exact) mass is 753 g/mol. The van der Waals surface area contributed by atoms with E-state index in [1.165, 1.54) is 21.7 Å². The molecule has 0 unspecified atom stereocenters. The Hall–Kier alpha value is -3.80. The van der Waals surface area contributed by atoms with Crippen LogP contribution >= 0.6 is 22.9 Å². The predicted octanol–water partition coefficient (Wildman–Crippen LogP) is 7.07. The van der Waals surface area contributed by atoms with E-state index < -0.39 is 8.32 Å². The number of nitrogens with one attached hydrogen (secondary N) is 3. The van der Waals surface area contributed by atoms with E-state index in [4.69, 9.17) is 21.0 Å². The van der Waals surface area contributed by atoms with Crippen molar-refractivity contribution in [3.8, 4) is 0 Å². The molecule has 272 valence electrons. The SMILES string of the molecule is CC(C)(CO[Si](c1ccccc1)(c1ccccc1)C(C)(C)C)N1CCc2nc(C(=O)N[C@H]3CCC[C@@H]3NC(=O)c3cc4cc(Cl)ccc4[nH]3)sc2C1. The zero-order valence-corrected chi connectivity index (χ0v) is 33.2. The zero-order valence-electron chi connectivity index (χ0n) is 30.6. The molecule has 5 aromatic rings. The molecule has 1 fully saturated rings. The summed E-state index contributed by atoms with van der Waals surface area (Å²) in [5, 5.41) is 10.8. The van der Waals surface area contributed by atoms with Crippen LogP contribution in [0.15, 0.2) is 84.9 Å². The van der Waals surface area contributed by atoms with Gasteiger partial charge in [0.25, 0.3) is 20.1 Å². The highest BCUT2D eigenvalue weighted by atomic mass is 35.5. The fraction of sp³-hybridized carbons (Fsp3) is 0.390. The summed E-state index contributed by atoms with van der Waals surface area (Å²) in [6.07, 6.45) is 3.31. The van der Waals surface area contributed by atoms with Crippen molar-refractivity contribution in [2.24, 2.45) is 0 Å². The number of H-pyrrole nitrogens is 1. The predicted molar refractivity (Wildman–Crippen MR) is 214 cm³/mol. The van der Waals surface area contributed by atoms with Crippen molar-refractivity contribution in [1.29, 1.82) is 0 Å². The number of carbonyl (C=O) groups excluding carboxylic acids is 2. The van der Waals surface area contributed by atoms with Gasteiger partial charge in [0, 0.05) is 57.9 Å². The standard InChI is InChI=1S/C41H48ClN5O3SSi/c1-40(2,3)52(29-13-8-6-9-14-29,30-15-10-7-11-16-30)50-26-41(4,5)47-22-21-34-36(25-47)51-39(46-34)38(49)45-33-18-12-17-32(33)44-37(48)35-24-27-23-28(42)19-20-31(27)43-35/h6-11,13-16,19-20,23-24,32-33,43H,12,17-18,21-22,25-26H2,1-5H3,(H,44,48)(H,45,49)/t32-,33-/m0/s1. The van der Waals surface area contributed by atoms with Gasteiger partial charge >= 0.3 is 0 Å². The van der Waals surface area contributed by atoms with Gasteiger partial charge in [-0.25, -0.2) is 4.98 Å². The average Bonchev–Trinajstić information content (AvgIpc) is 3.87. The molecular weight excluding hydrogens is 706 g/mol. The molecule has 1 aliphatic carbocycles. The summed E-state index contributed by atoms with van der Waals surface area (Å²) in [5.74, 6) is -0.364. The molecular formula is C41H48ClN5O3SSi. The first kappa shape index (κ1) is 36.6. The lowest BCUT2D eigenvalue weighted by molar-refractivity contribution is 0.0530. The van der Waals surface area contributed by atoms with Crippen LogP contribution in [0.3, 0.4) is 0 Å². The Bertz CT molecular complexity index is 2020. The summed E-state index contributed by atoms with van der Waals surface area (Å²) in [6, 6.07) is 28.5. The summed E-state index contributed by atoms with van der Waals surface area (Å²) in [5.41, 5.74) is 2.08. The second-order valence-corrected chi connectivity index (χ2v) is 21.7. The third-order valence-corrected chi connectivity index (χ3v) is 17.1. The lowest BCUT2D eigenvalue weighted by Gasteiger charge is -2.47. The largest absolute Gasteiger partial charge is 0.406 e. The Morgan fingerprint density at radius 3 is 2.19 bits per heavy atom. The summed E-state index contributed by atoms with van der Waals surface area (Å²) >= 11 is 7.62. The highest BCUT2D eigenvalue weighted by Gasteiger charge is 2.51. The number of aromatic amines is 1. The van der Waals surface area contributed by atoms with E-state index in [0.717, 1.165) is 60.2 Å². The number of rotatable bonds is 10. The molecule has 3 heterocycles. The first-order chi connectivity index (χ1) is 24.8. The van der Waals surface area contributed by atoms with E-state index in [1.807, 2.05) is 18.2 Å². The number of nitrogens with zero attached hydrogens (tertiary/aromatic N) is 2. The first-order valence-corrected chi connectivity index (χ1v) is 21.3. The average molecular weight is 754 g/mol. The van der Waals surface area contributed by atoms with Crippen LogP contribution in [0.1, 0.15) is 84.7 Å². The first-order valence-electron chi connectivity index (χ1n) is 18.2. The van der Waals surface area contributed by atoms with Gasteiger partial charge in [0.2, 0.25) is 0 Å². The number of hydrogen-bond acceptors (Lipinski definition) is 6. The number of hydrogen-bond donors (Lipinski definition) is 3. The lowest BCUT2D eigenvalue weighted by Crippen LogP contribution is -2.68. The fourth-order valence-corrected chi connectivity index (χ4v) is 13.9. The van der Waals surface area contributed by atoms with Crippen molar-refractivity contribution in [3.63, 3.8) is 0 Å². The Labute approximate surface area is 316 Å². The molecule has 1 saturated carbocycles. The van der Waals surface area contributed by atoms with Gasteiger partial charge < -0.3 is 20.0 Å². The molecule has 52 heavy (non-hydrogen) atoms.